The lowest BCUT2D eigenvalue weighted by Gasteiger charge is -2.45. The minimum Gasteiger partial charge on any atom is -0.480 e. The lowest BCUT2D eigenvalue weighted by Crippen LogP contribution is -2.81. The van der Waals surface area contributed by atoms with E-state index in [0.29, 0.717) is 14.1 Å². The third-order valence-electron chi connectivity index (χ3n) is 5.03. The summed E-state index contributed by atoms with van der Waals surface area (Å²) >= 11 is 0. The molecule has 25 heavy (non-hydrogen) atoms. The standard InChI is InChI=1S/C11H15N3O11/c1-14(2)10(12,6(21)22)8(3(15)16,4(17)18)9(25,5(19)20)11(14,13)7(23)24/h25H,12-13H2,1-2H3,(H4-,15,16,17,18,19,20,21,22,23,24)/p+1. The predicted octanol–water partition coefficient (Wildman–Crippen LogP) is -4.47. The molecular formula is C11H16N3O11+. The van der Waals surface area contributed by atoms with Gasteiger partial charge in [0.25, 0.3) is 22.3 Å². The zero-order chi connectivity index (χ0) is 20.4. The van der Waals surface area contributed by atoms with Crippen molar-refractivity contribution in [2.75, 3.05) is 14.1 Å². The summed E-state index contributed by atoms with van der Waals surface area (Å²) in [7, 11) is 1.17. The Bertz CT molecular complexity index is 704. The molecule has 1 aliphatic heterocycles. The van der Waals surface area contributed by atoms with Crippen molar-refractivity contribution in [2.45, 2.75) is 16.9 Å². The molecule has 140 valence electrons. The van der Waals surface area contributed by atoms with E-state index in [1.807, 2.05) is 0 Å². The minimum atomic E-state index is -4.36. The van der Waals surface area contributed by atoms with E-state index >= 15 is 0 Å². The van der Waals surface area contributed by atoms with Crippen molar-refractivity contribution in [3.05, 3.63) is 0 Å². The van der Waals surface area contributed by atoms with Crippen LogP contribution in [0.15, 0.2) is 0 Å². The number of likely N-dealkylation sites (N-methyl/N-ethyl adjacent to an activating group) is 1. The fourth-order valence-corrected chi connectivity index (χ4v) is 3.51. The molecule has 3 atom stereocenters. The number of hydrogen-bond acceptors (Lipinski definition) is 8. The lowest BCUT2D eigenvalue weighted by atomic mass is 9.63. The highest BCUT2D eigenvalue weighted by molar-refractivity contribution is 6.14. The average molecular weight is 366 g/mol. The molecule has 1 saturated heterocycles. The first-order valence-corrected chi connectivity index (χ1v) is 6.28. The summed E-state index contributed by atoms with van der Waals surface area (Å²) in [5.74, 6) is -12.9. The second-order valence-electron chi connectivity index (χ2n) is 5.97. The van der Waals surface area contributed by atoms with Gasteiger partial charge in [-0.05, 0) is 0 Å². The molecule has 1 heterocycles. The van der Waals surface area contributed by atoms with E-state index < -0.39 is 56.7 Å². The van der Waals surface area contributed by atoms with Gasteiger partial charge in [-0.2, -0.15) is 0 Å². The molecule has 0 aromatic rings. The van der Waals surface area contributed by atoms with E-state index in [2.05, 4.69) is 0 Å². The van der Waals surface area contributed by atoms with Gasteiger partial charge in [-0.3, -0.25) is 25.5 Å². The Balaban J connectivity index is 4.46. The summed E-state index contributed by atoms with van der Waals surface area (Å²) in [5.41, 5.74) is -4.98. The van der Waals surface area contributed by atoms with Crippen LogP contribution >= 0.6 is 0 Å². The Labute approximate surface area is 138 Å². The lowest BCUT2D eigenvalue weighted by molar-refractivity contribution is -0.961. The number of carbonyl (C=O) groups is 5. The first-order valence-electron chi connectivity index (χ1n) is 6.28. The highest BCUT2D eigenvalue weighted by Crippen LogP contribution is 2.59. The molecule has 14 heteroatoms. The van der Waals surface area contributed by atoms with Gasteiger partial charge in [-0.1, -0.05) is 0 Å². The first-order chi connectivity index (χ1) is 11.0. The molecular weight excluding hydrogens is 350 g/mol. The smallest absolute Gasteiger partial charge is 0.386 e. The monoisotopic (exact) mass is 366 g/mol. The van der Waals surface area contributed by atoms with Gasteiger partial charge in [-0.15, -0.1) is 0 Å². The van der Waals surface area contributed by atoms with Crippen LogP contribution in [0.2, 0.25) is 0 Å². The number of aliphatic carboxylic acids is 5. The van der Waals surface area contributed by atoms with Gasteiger partial charge in [0.1, 0.15) is 0 Å². The zero-order valence-electron chi connectivity index (χ0n) is 12.8. The summed E-state index contributed by atoms with van der Waals surface area (Å²) in [6, 6.07) is 0. The number of carboxylic acids is 5. The number of nitrogens with two attached hydrogens (primary N) is 2. The van der Waals surface area contributed by atoms with Crippen LogP contribution in [0.3, 0.4) is 0 Å². The van der Waals surface area contributed by atoms with Gasteiger partial charge in [0, 0.05) is 0 Å². The van der Waals surface area contributed by atoms with E-state index in [1.165, 1.54) is 0 Å². The quantitative estimate of drug-likeness (QED) is 0.169. The Morgan fingerprint density at radius 1 is 0.680 bits per heavy atom. The second-order valence-corrected chi connectivity index (χ2v) is 5.97. The molecule has 0 saturated carbocycles. The van der Waals surface area contributed by atoms with Gasteiger partial charge in [0.2, 0.25) is 0 Å². The third-order valence-corrected chi connectivity index (χ3v) is 5.03. The number of hydrogen-bond donors (Lipinski definition) is 8. The van der Waals surface area contributed by atoms with Crippen molar-refractivity contribution in [1.29, 1.82) is 0 Å². The number of aliphatic hydroxyl groups is 1. The van der Waals surface area contributed by atoms with Crippen molar-refractivity contribution in [1.82, 2.24) is 0 Å². The average Bonchev–Trinajstić information content (AvgIpc) is 2.53. The fourth-order valence-electron chi connectivity index (χ4n) is 3.51. The van der Waals surface area contributed by atoms with Gasteiger partial charge in [0.15, 0.2) is 0 Å². The van der Waals surface area contributed by atoms with Crippen molar-refractivity contribution in [3.63, 3.8) is 0 Å². The van der Waals surface area contributed by atoms with Gasteiger partial charge >= 0.3 is 29.8 Å². The number of likely N-dealkylation sites (tertiary alicyclic amines) is 1. The molecule has 0 amide bonds. The van der Waals surface area contributed by atoms with Gasteiger partial charge in [-0.25, -0.2) is 14.4 Å². The predicted molar refractivity (Wildman–Crippen MR) is 71.5 cm³/mol. The van der Waals surface area contributed by atoms with E-state index in [1.54, 1.807) is 0 Å². The fraction of sp³-hybridized carbons (Fsp3) is 0.545. The van der Waals surface area contributed by atoms with Crippen LogP contribution in [-0.4, -0.2) is 96.0 Å². The maximum absolute atomic E-state index is 11.8. The number of carboxylic acid groups (broad SMARTS) is 5. The van der Waals surface area contributed by atoms with Crippen molar-refractivity contribution < 1.29 is 59.1 Å². The Morgan fingerprint density at radius 3 is 1.20 bits per heavy atom. The highest BCUT2D eigenvalue weighted by atomic mass is 16.4. The van der Waals surface area contributed by atoms with E-state index in [0.717, 1.165) is 0 Å². The van der Waals surface area contributed by atoms with Crippen molar-refractivity contribution >= 4 is 29.8 Å². The first kappa shape index (κ1) is 20.2. The third kappa shape index (κ3) is 1.50. The molecule has 0 radical (unpaired) electrons. The summed E-state index contributed by atoms with van der Waals surface area (Å²) in [6.45, 7) is 0. The molecule has 14 nitrogen and oxygen atoms in total. The number of quaternary nitrogens is 1. The normalized spacial score (nSPS) is 35.7. The summed E-state index contributed by atoms with van der Waals surface area (Å²) in [5, 5.41) is 57.7. The highest BCUT2D eigenvalue weighted by Gasteiger charge is 3.00. The largest absolute Gasteiger partial charge is 0.480 e. The van der Waals surface area contributed by atoms with Crippen LogP contribution in [-0.2, 0) is 24.0 Å². The van der Waals surface area contributed by atoms with Crippen molar-refractivity contribution in [3.8, 4) is 0 Å². The van der Waals surface area contributed by atoms with Crippen LogP contribution in [0, 0.1) is 5.41 Å². The summed E-state index contributed by atoms with van der Waals surface area (Å²) < 4.78 is -1.92. The minimum absolute atomic E-state index is 0.587. The van der Waals surface area contributed by atoms with Gasteiger partial charge in [0.05, 0.1) is 14.1 Å². The molecule has 0 bridgehead atoms. The van der Waals surface area contributed by atoms with Crippen molar-refractivity contribution in [2.24, 2.45) is 16.9 Å². The van der Waals surface area contributed by atoms with E-state index in [9.17, 15) is 54.6 Å². The van der Waals surface area contributed by atoms with Crippen LogP contribution in [0.4, 0.5) is 0 Å². The second kappa shape index (κ2) is 4.85. The van der Waals surface area contributed by atoms with Gasteiger partial charge < -0.3 is 30.6 Å². The van der Waals surface area contributed by atoms with Crippen LogP contribution in [0.1, 0.15) is 0 Å². The molecule has 0 aliphatic carbocycles. The topological polar surface area (TPSA) is 259 Å². The molecule has 0 spiro atoms. The Hall–Kier alpha value is -2.81. The van der Waals surface area contributed by atoms with E-state index in [-0.39, 0.29) is 0 Å². The van der Waals surface area contributed by atoms with Crippen LogP contribution < -0.4 is 11.5 Å². The molecule has 0 aromatic heterocycles. The number of rotatable bonds is 5. The zero-order valence-corrected chi connectivity index (χ0v) is 12.8. The molecule has 1 aliphatic rings. The molecule has 10 N–H and O–H groups in total. The molecule has 1 fully saturated rings. The maximum Gasteiger partial charge on any atom is 0.386 e. The molecule has 3 unspecified atom stereocenters. The van der Waals surface area contributed by atoms with Crippen LogP contribution in [0.5, 0.6) is 0 Å². The van der Waals surface area contributed by atoms with E-state index in [4.69, 9.17) is 11.5 Å². The SMILES string of the molecule is C[N+]1(C)C(N)(C(=O)O)C(O)(C(=O)O)C(C(=O)O)(C(=O)O)C1(N)C(=O)O. The molecule has 0 aromatic carbocycles. The Kier molecular flexibility index (Phi) is 3.93. The summed E-state index contributed by atoms with van der Waals surface area (Å²) in [6.07, 6.45) is 0. The molecule has 1 rings (SSSR count). The number of nitrogens with zero attached hydrogens (tertiary/aromatic N) is 1. The Morgan fingerprint density at radius 2 is 1.00 bits per heavy atom. The van der Waals surface area contributed by atoms with Crippen LogP contribution in [0.25, 0.3) is 0 Å². The summed E-state index contributed by atoms with van der Waals surface area (Å²) in [4.78, 5) is 58.8. The maximum atomic E-state index is 11.8.